The molecule has 0 bridgehead atoms. The van der Waals surface area contributed by atoms with E-state index in [9.17, 15) is 9.59 Å². The van der Waals surface area contributed by atoms with Crippen LogP contribution in [-0.2, 0) is 11.3 Å². The molecular weight excluding hydrogens is 338 g/mol. The van der Waals surface area contributed by atoms with Gasteiger partial charge in [0.05, 0.1) is 6.04 Å². The maximum Gasteiger partial charge on any atom is 0.250 e. The topological polar surface area (TPSA) is 54.3 Å². The first-order valence-corrected chi connectivity index (χ1v) is 8.93. The van der Waals surface area contributed by atoms with Gasteiger partial charge < -0.3 is 9.88 Å². The Hall–Kier alpha value is -2.11. The summed E-state index contributed by atoms with van der Waals surface area (Å²) in [5.41, 5.74) is 0.968. The number of hydrogen-bond donors (Lipinski definition) is 1. The van der Waals surface area contributed by atoms with Crippen LogP contribution in [0.4, 0.5) is 0 Å². The number of nitrogens with one attached hydrogen (secondary N) is 1. The quantitative estimate of drug-likeness (QED) is 0.862. The zero-order valence-electron chi connectivity index (χ0n) is 14.0. The van der Waals surface area contributed by atoms with Crippen molar-refractivity contribution < 1.29 is 4.79 Å². The van der Waals surface area contributed by atoms with Crippen LogP contribution in [0.5, 0.6) is 0 Å². The third-order valence-corrected chi connectivity index (χ3v) is 4.79. The summed E-state index contributed by atoms with van der Waals surface area (Å²) in [6.07, 6.45) is 3.98. The Labute approximate surface area is 152 Å². The number of likely N-dealkylation sites (tertiary alicyclic amines) is 1. The van der Waals surface area contributed by atoms with Gasteiger partial charge in [-0.25, -0.2) is 0 Å². The van der Waals surface area contributed by atoms with E-state index in [1.807, 2.05) is 24.3 Å². The van der Waals surface area contributed by atoms with E-state index < -0.39 is 0 Å². The minimum atomic E-state index is -0.175. The minimum absolute atomic E-state index is 0.0347. The molecule has 1 atom stereocenters. The second kappa shape index (κ2) is 8.32. The molecule has 1 aliphatic heterocycles. The zero-order valence-corrected chi connectivity index (χ0v) is 14.8. The smallest absolute Gasteiger partial charge is 0.250 e. The van der Waals surface area contributed by atoms with Crippen molar-refractivity contribution in [1.29, 1.82) is 0 Å². The molecule has 0 spiro atoms. The number of benzene rings is 1. The Morgan fingerprint density at radius 2 is 1.84 bits per heavy atom. The number of carbonyl (C=O) groups is 1. The largest absolute Gasteiger partial charge is 0.353 e. The zero-order chi connectivity index (χ0) is 17.6. The molecule has 1 aromatic heterocycles. The summed E-state index contributed by atoms with van der Waals surface area (Å²) in [5.74, 6) is -0.161. The van der Waals surface area contributed by atoms with Crippen LogP contribution in [0.1, 0.15) is 24.4 Å². The lowest BCUT2D eigenvalue weighted by Crippen LogP contribution is -2.39. The molecule has 0 radical (unpaired) electrons. The third kappa shape index (κ3) is 4.71. The van der Waals surface area contributed by atoms with Gasteiger partial charge in [-0.15, -0.1) is 0 Å². The first-order chi connectivity index (χ1) is 12.1. The summed E-state index contributed by atoms with van der Waals surface area (Å²) in [4.78, 5) is 26.4. The van der Waals surface area contributed by atoms with E-state index in [0.29, 0.717) is 11.6 Å². The molecule has 1 fully saturated rings. The van der Waals surface area contributed by atoms with Gasteiger partial charge >= 0.3 is 0 Å². The van der Waals surface area contributed by atoms with Gasteiger partial charge in [0, 0.05) is 23.8 Å². The Balaban J connectivity index is 1.66. The molecule has 1 saturated heterocycles. The van der Waals surface area contributed by atoms with Crippen molar-refractivity contribution in [2.24, 2.45) is 0 Å². The molecular formula is C19H22ClN3O2. The lowest BCUT2D eigenvalue weighted by molar-refractivity contribution is -0.122. The van der Waals surface area contributed by atoms with Crippen molar-refractivity contribution >= 4 is 17.5 Å². The second-order valence-corrected chi connectivity index (χ2v) is 6.72. The lowest BCUT2D eigenvalue weighted by Gasteiger charge is -2.28. The molecule has 5 nitrogen and oxygen atoms in total. The van der Waals surface area contributed by atoms with Crippen molar-refractivity contribution in [1.82, 2.24) is 14.8 Å². The first-order valence-electron chi connectivity index (χ1n) is 8.55. The van der Waals surface area contributed by atoms with Gasteiger partial charge in [0.2, 0.25) is 5.91 Å². The van der Waals surface area contributed by atoms with Gasteiger partial charge in [0.15, 0.2) is 0 Å². The van der Waals surface area contributed by atoms with Crippen molar-refractivity contribution in [3.05, 3.63) is 69.6 Å². The molecule has 1 N–H and O–H groups in total. The molecule has 0 aliphatic carbocycles. The fourth-order valence-corrected chi connectivity index (χ4v) is 3.33. The molecule has 0 saturated carbocycles. The summed E-state index contributed by atoms with van der Waals surface area (Å²) in [6, 6.07) is 12.8. The standard InChI is InChI=1S/C19H22ClN3O2/c20-16-8-6-15(7-9-16)17(22-10-3-4-11-22)13-21-18(24)14-23-12-2-1-5-19(23)25/h1-2,5-9,12,17H,3-4,10-11,13-14H2,(H,21,24)/t17-/m0/s1. The average molecular weight is 360 g/mol. The second-order valence-electron chi connectivity index (χ2n) is 6.28. The SMILES string of the molecule is O=C(Cn1ccccc1=O)NC[C@@H](c1ccc(Cl)cc1)N1CCCC1. The van der Waals surface area contributed by atoms with E-state index in [4.69, 9.17) is 11.6 Å². The van der Waals surface area contributed by atoms with Gasteiger partial charge in [-0.05, 0) is 49.7 Å². The van der Waals surface area contributed by atoms with Crippen LogP contribution >= 0.6 is 11.6 Å². The molecule has 6 heteroatoms. The van der Waals surface area contributed by atoms with Gasteiger partial charge in [-0.1, -0.05) is 29.8 Å². The monoisotopic (exact) mass is 359 g/mol. The predicted octanol–water partition coefficient (Wildman–Crippen LogP) is 2.46. The van der Waals surface area contributed by atoms with Gasteiger partial charge in [0.25, 0.3) is 5.56 Å². The highest BCUT2D eigenvalue weighted by atomic mass is 35.5. The molecule has 2 aromatic rings. The summed E-state index contributed by atoms with van der Waals surface area (Å²) >= 11 is 5.99. The molecule has 1 amide bonds. The van der Waals surface area contributed by atoms with Crippen LogP contribution < -0.4 is 10.9 Å². The highest BCUT2D eigenvalue weighted by Gasteiger charge is 2.24. The molecule has 3 rings (SSSR count). The number of nitrogens with zero attached hydrogens (tertiary/aromatic N) is 2. The average Bonchev–Trinajstić information content (AvgIpc) is 3.13. The van der Waals surface area contributed by atoms with E-state index in [0.717, 1.165) is 18.7 Å². The maximum atomic E-state index is 12.3. The highest BCUT2D eigenvalue weighted by molar-refractivity contribution is 6.30. The van der Waals surface area contributed by atoms with Gasteiger partial charge in [0.1, 0.15) is 6.54 Å². The Morgan fingerprint density at radius 3 is 2.52 bits per heavy atom. The van der Waals surface area contributed by atoms with Crippen molar-refractivity contribution in [2.45, 2.75) is 25.4 Å². The van der Waals surface area contributed by atoms with Crippen molar-refractivity contribution in [3.8, 4) is 0 Å². The lowest BCUT2D eigenvalue weighted by atomic mass is 10.1. The number of rotatable bonds is 6. The normalized spacial score (nSPS) is 15.9. The molecule has 0 unspecified atom stereocenters. The maximum absolute atomic E-state index is 12.3. The first kappa shape index (κ1) is 17.7. The number of hydrogen-bond acceptors (Lipinski definition) is 3. The van der Waals surface area contributed by atoms with Crippen LogP contribution in [0.25, 0.3) is 0 Å². The summed E-state index contributed by atoms with van der Waals surface area (Å²) in [5, 5.41) is 3.68. The predicted molar refractivity (Wildman–Crippen MR) is 98.7 cm³/mol. The van der Waals surface area contributed by atoms with Crippen molar-refractivity contribution in [2.75, 3.05) is 19.6 Å². The number of amides is 1. The summed E-state index contributed by atoms with van der Waals surface area (Å²) in [6.45, 7) is 2.61. The molecule has 1 aliphatic rings. The van der Waals surface area contributed by atoms with E-state index in [2.05, 4.69) is 10.2 Å². The minimum Gasteiger partial charge on any atom is -0.353 e. The molecule has 132 valence electrons. The van der Waals surface area contributed by atoms with Crippen molar-refractivity contribution in [3.63, 3.8) is 0 Å². The third-order valence-electron chi connectivity index (χ3n) is 4.54. The van der Waals surface area contributed by atoms with Crippen LogP contribution in [0.15, 0.2) is 53.5 Å². The molecule has 2 heterocycles. The van der Waals surface area contributed by atoms with Gasteiger partial charge in [-0.3, -0.25) is 14.5 Å². The Morgan fingerprint density at radius 1 is 1.12 bits per heavy atom. The Kier molecular flexibility index (Phi) is 5.89. The molecule has 1 aromatic carbocycles. The number of halogens is 1. The van der Waals surface area contributed by atoms with E-state index >= 15 is 0 Å². The van der Waals surface area contributed by atoms with Crippen LogP contribution in [0.2, 0.25) is 5.02 Å². The summed E-state index contributed by atoms with van der Waals surface area (Å²) in [7, 11) is 0. The van der Waals surface area contributed by atoms with Gasteiger partial charge in [-0.2, -0.15) is 0 Å². The van der Waals surface area contributed by atoms with E-state index in [-0.39, 0.29) is 24.1 Å². The van der Waals surface area contributed by atoms with E-state index in [1.54, 1.807) is 18.3 Å². The fourth-order valence-electron chi connectivity index (χ4n) is 3.21. The van der Waals surface area contributed by atoms with Crippen LogP contribution in [0.3, 0.4) is 0 Å². The summed E-state index contributed by atoms with van der Waals surface area (Å²) < 4.78 is 1.41. The Bertz CT molecular complexity index is 767. The highest BCUT2D eigenvalue weighted by Crippen LogP contribution is 2.25. The number of carbonyl (C=O) groups excluding carboxylic acids is 1. The van der Waals surface area contributed by atoms with E-state index in [1.165, 1.54) is 23.5 Å². The molecule has 25 heavy (non-hydrogen) atoms. The number of aromatic nitrogens is 1. The van der Waals surface area contributed by atoms with Crippen LogP contribution in [-0.4, -0.2) is 35.0 Å². The fraction of sp³-hybridized carbons (Fsp3) is 0.368. The van der Waals surface area contributed by atoms with Crippen LogP contribution in [0, 0.1) is 0 Å². The number of pyridine rings is 1.